The second kappa shape index (κ2) is 9.15. The lowest BCUT2D eigenvalue weighted by Crippen LogP contribution is -2.14. The van der Waals surface area contributed by atoms with E-state index in [2.05, 4.69) is 21.7 Å². The fraction of sp³-hybridized carbons (Fsp3) is 0.0909. The number of nitrogens with one attached hydrogen (secondary N) is 2. The number of ether oxygens (including phenoxy) is 1. The van der Waals surface area contributed by atoms with Gasteiger partial charge < -0.3 is 15.4 Å². The molecule has 0 unspecified atom stereocenters. The number of rotatable bonds is 6. The first-order valence-corrected chi connectivity index (χ1v) is 8.91. The quantitative estimate of drug-likeness (QED) is 0.618. The molecule has 0 aliphatic heterocycles. The number of aromatic nitrogens is 1. The van der Waals surface area contributed by atoms with Crippen LogP contribution in [0.1, 0.15) is 33.3 Å². The minimum Gasteiger partial charge on any atom is -0.462 e. The maximum Gasteiger partial charge on any atom is 0.338 e. The first-order valence-electron chi connectivity index (χ1n) is 8.91. The predicted octanol–water partition coefficient (Wildman–Crippen LogP) is 4.13. The molecule has 2 N–H and O–H groups in total. The lowest BCUT2D eigenvalue weighted by atomic mass is 10.2. The summed E-state index contributed by atoms with van der Waals surface area (Å²) in [6.07, 6.45) is 1.53. The van der Waals surface area contributed by atoms with Crippen LogP contribution >= 0.6 is 0 Å². The van der Waals surface area contributed by atoms with E-state index in [1.54, 1.807) is 67.6 Å². The highest BCUT2D eigenvalue weighted by molar-refractivity contribution is 6.03. The smallest absolute Gasteiger partial charge is 0.338 e. The lowest BCUT2D eigenvalue weighted by molar-refractivity contribution is 0.0526. The molecule has 1 aromatic heterocycles. The van der Waals surface area contributed by atoms with Gasteiger partial charge in [0.15, 0.2) is 0 Å². The molecule has 7 heteroatoms. The van der Waals surface area contributed by atoms with Crippen LogP contribution in [0.5, 0.6) is 0 Å². The maximum atomic E-state index is 12.5. The van der Waals surface area contributed by atoms with E-state index in [0.717, 1.165) is 5.69 Å². The van der Waals surface area contributed by atoms with E-state index in [-0.39, 0.29) is 11.6 Å². The summed E-state index contributed by atoms with van der Waals surface area (Å²) in [6.45, 7) is 2.04. The molecule has 0 aliphatic carbocycles. The average Bonchev–Trinajstić information content (AvgIpc) is 2.75. The third-order valence-electron chi connectivity index (χ3n) is 3.95. The molecule has 0 aliphatic rings. The summed E-state index contributed by atoms with van der Waals surface area (Å²) in [4.78, 5) is 28.3. The van der Waals surface area contributed by atoms with Crippen molar-refractivity contribution in [3.63, 3.8) is 0 Å². The molecule has 0 bridgehead atoms. The van der Waals surface area contributed by atoms with Gasteiger partial charge in [0.2, 0.25) is 0 Å². The van der Waals surface area contributed by atoms with Crippen molar-refractivity contribution >= 4 is 28.9 Å². The number of pyridine rings is 1. The van der Waals surface area contributed by atoms with Gasteiger partial charge in [0.1, 0.15) is 5.69 Å². The van der Waals surface area contributed by atoms with E-state index < -0.39 is 5.97 Å². The van der Waals surface area contributed by atoms with Gasteiger partial charge in [0.05, 0.1) is 23.8 Å². The second-order valence-electron chi connectivity index (χ2n) is 6.00. The minimum atomic E-state index is -0.409. The standard InChI is InChI=1S/C22H18N4O3/c1-2-29-22(28)16-5-9-18(10-6-16)26-21(27)20-13-19(11-12-24-20)25-17-7-3-15(14-23)4-8-17/h3-13H,2H2,1H3,(H,24,25)(H,26,27). The molecule has 0 atom stereocenters. The average molecular weight is 386 g/mol. The predicted molar refractivity (Wildman–Crippen MR) is 109 cm³/mol. The van der Waals surface area contributed by atoms with Gasteiger partial charge in [-0.1, -0.05) is 0 Å². The van der Waals surface area contributed by atoms with E-state index in [9.17, 15) is 9.59 Å². The molecule has 0 saturated carbocycles. The van der Waals surface area contributed by atoms with Gasteiger partial charge in [-0.15, -0.1) is 0 Å². The highest BCUT2D eigenvalue weighted by atomic mass is 16.5. The summed E-state index contributed by atoms with van der Waals surface area (Å²) in [5, 5.41) is 14.8. The van der Waals surface area contributed by atoms with Gasteiger partial charge in [-0.25, -0.2) is 4.79 Å². The van der Waals surface area contributed by atoms with Gasteiger partial charge in [-0.05, 0) is 67.6 Å². The number of benzene rings is 2. The number of amides is 1. The van der Waals surface area contributed by atoms with Gasteiger partial charge >= 0.3 is 5.97 Å². The Balaban J connectivity index is 1.67. The third kappa shape index (κ3) is 5.17. The van der Waals surface area contributed by atoms with Crippen LogP contribution in [-0.4, -0.2) is 23.5 Å². The maximum absolute atomic E-state index is 12.5. The van der Waals surface area contributed by atoms with Crippen LogP contribution in [0.15, 0.2) is 66.9 Å². The summed E-state index contributed by atoms with van der Waals surface area (Å²) < 4.78 is 4.93. The van der Waals surface area contributed by atoms with Crippen LogP contribution in [0, 0.1) is 11.3 Å². The first-order chi connectivity index (χ1) is 14.1. The number of esters is 1. The molecule has 1 amide bonds. The molecular weight excluding hydrogens is 368 g/mol. The molecule has 0 radical (unpaired) electrons. The molecule has 0 fully saturated rings. The minimum absolute atomic E-state index is 0.234. The summed E-state index contributed by atoms with van der Waals surface area (Å²) in [7, 11) is 0. The molecule has 2 aromatic carbocycles. The molecule has 3 rings (SSSR count). The van der Waals surface area contributed by atoms with Gasteiger partial charge in [-0.3, -0.25) is 9.78 Å². The number of carbonyl (C=O) groups excluding carboxylic acids is 2. The summed E-state index contributed by atoms with van der Waals surface area (Å²) in [5.74, 6) is -0.786. The summed E-state index contributed by atoms with van der Waals surface area (Å²) in [5.41, 5.74) is 3.23. The Morgan fingerprint density at radius 3 is 2.34 bits per heavy atom. The number of nitriles is 1. The van der Waals surface area contributed by atoms with Crippen molar-refractivity contribution < 1.29 is 14.3 Å². The zero-order valence-electron chi connectivity index (χ0n) is 15.7. The van der Waals surface area contributed by atoms with Gasteiger partial charge in [0.25, 0.3) is 5.91 Å². The number of hydrogen-bond donors (Lipinski definition) is 2. The van der Waals surface area contributed by atoms with Gasteiger partial charge in [0, 0.05) is 23.3 Å². The number of anilines is 3. The Labute approximate surface area is 168 Å². The van der Waals surface area contributed by atoms with Crippen molar-refractivity contribution in [2.24, 2.45) is 0 Å². The Morgan fingerprint density at radius 1 is 1.00 bits per heavy atom. The van der Waals surface area contributed by atoms with Crippen LogP contribution in [-0.2, 0) is 4.74 Å². The van der Waals surface area contributed by atoms with E-state index in [1.165, 1.54) is 6.20 Å². The van der Waals surface area contributed by atoms with E-state index in [0.29, 0.717) is 29.1 Å². The molecule has 144 valence electrons. The molecule has 29 heavy (non-hydrogen) atoms. The van der Waals surface area contributed by atoms with Crippen LogP contribution in [0.2, 0.25) is 0 Å². The fourth-order valence-corrected chi connectivity index (χ4v) is 2.53. The molecule has 1 heterocycles. The van der Waals surface area contributed by atoms with Crippen molar-refractivity contribution in [3.8, 4) is 6.07 Å². The monoisotopic (exact) mass is 386 g/mol. The van der Waals surface area contributed by atoms with Crippen molar-refractivity contribution in [2.45, 2.75) is 6.92 Å². The van der Waals surface area contributed by atoms with Crippen LogP contribution in [0.3, 0.4) is 0 Å². The highest BCUT2D eigenvalue weighted by Gasteiger charge is 2.10. The van der Waals surface area contributed by atoms with Gasteiger partial charge in [-0.2, -0.15) is 5.26 Å². The fourth-order valence-electron chi connectivity index (χ4n) is 2.53. The van der Waals surface area contributed by atoms with Crippen LogP contribution in [0.4, 0.5) is 17.1 Å². The zero-order valence-corrected chi connectivity index (χ0v) is 15.7. The molecule has 0 spiro atoms. The van der Waals surface area contributed by atoms with Crippen LogP contribution < -0.4 is 10.6 Å². The Hall–Kier alpha value is -4.18. The van der Waals surface area contributed by atoms with Crippen molar-refractivity contribution in [1.82, 2.24) is 4.98 Å². The zero-order chi connectivity index (χ0) is 20.6. The summed E-state index contributed by atoms with van der Waals surface area (Å²) in [6, 6.07) is 18.8. The molecular formula is C22H18N4O3. The van der Waals surface area contributed by atoms with E-state index in [1.807, 2.05) is 0 Å². The second-order valence-corrected chi connectivity index (χ2v) is 6.00. The highest BCUT2D eigenvalue weighted by Crippen LogP contribution is 2.18. The van der Waals surface area contributed by atoms with E-state index >= 15 is 0 Å². The third-order valence-corrected chi connectivity index (χ3v) is 3.95. The first kappa shape index (κ1) is 19.6. The molecule has 7 nitrogen and oxygen atoms in total. The number of hydrogen-bond acceptors (Lipinski definition) is 6. The van der Waals surface area contributed by atoms with E-state index in [4.69, 9.17) is 10.00 Å². The van der Waals surface area contributed by atoms with Crippen molar-refractivity contribution in [3.05, 3.63) is 83.7 Å². The topological polar surface area (TPSA) is 104 Å². The lowest BCUT2D eigenvalue weighted by Gasteiger charge is -2.09. The Morgan fingerprint density at radius 2 is 1.69 bits per heavy atom. The number of carbonyl (C=O) groups is 2. The molecule has 0 saturated heterocycles. The molecule has 3 aromatic rings. The van der Waals surface area contributed by atoms with Crippen LogP contribution in [0.25, 0.3) is 0 Å². The SMILES string of the molecule is CCOC(=O)c1ccc(NC(=O)c2cc(Nc3ccc(C#N)cc3)ccn2)cc1. The Bertz CT molecular complexity index is 1050. The summed E-state index contributed by atoms with van der Waals surface area (Å²) >= 11 is 0. The van der Waals surface area contributed by atoms with Crippen molar-refractivity contribution in [1.29, 1.82) is 5.26 Å². The number of nitrogens with zero attached hydrogens (tertiary/aromatic N) is 2. The Kier molecular flexibility index (Phi) is 6.18. The normalized spacial score (nSPS) is 9.93. The largest absolute Gasteiger partial charge is 0.462 e. The van der Waals surface area contributed by atoms with Crippen molar-refractivity contribution in [2.75, 3.05) is 17.2 Å².